The van der Waals surface area contributed by atoms with Crippen LogP contribution >= 0.6 is 34.8 Å². The Hall–Kier alpha value is -3.55. The third kappa shape index (κ3) is 7.74. The number of nitrogens with zero attached hydrogens (tertiary/aromatic N) is 1. The van der Waals surface area contributed by atoms with Gasteiger partial charge in [0.15, 0.2) is 0 Å². The van der Waals surface area contributed by atoms with Crippen LogP contribution in [0.15, 0.2) is 84.0 Å². The number of rotatable bonds is 10. The monoisotopic (exact) mass is 581 g/mol. The van der Waals surface area contributed by atoms with Crippen LogP contribution in [0.3, 0.4) is 0 Å². The maximum absolute atomic E-state index is 12.4. The summed E-state index contributed by atoms with van der Waals surface area (Å²) in [6.07, 6.45) is 1.57. The fourth-order valence-corrected chi connectivity index (χ4v) is 4.39. The summed E-state index contributed by atoms with van der Waals surface area (Å²) in [6.45, 7) is 3.70. The van der Waals surface area contributed by atoms with E-state index in [2.05, 4.69) is 15.8 Å². The predicted octanol–water partition coefficient (Wildman–Crippen LogP) is 7.26. The van der Waals surface area contributed by atoms with Crippen LogP contribution in [0.25, 0.3) is 11.1 Å². The van der Waals surface area contributed by atoms with E-state index in [1.54, 1.807) is 12.3 Å². The van der Waals surface area contributed by atoms with Gasteiger partial charge in [0.1, 0.15) is 18.1 Å². The molecule has 0 aromatic heterocycles. The lowest BCUT2D eigenvalue weighted by molar-refractivity contribution is 0.0955. The van der Waals surface area contributed by atoms with Crippen LogP contribution in [0.4, 0.5) is 0 Å². The molecule has 3 N–H and O–H groups in total. The molecule has 0 spiro atoms. The summed E-state index contributed by atoms with van der Waals surface area (Å²) in [6, 6.07) is 23.6. The maximum atomic E-state index is 12.4. The van der Waals surface area contributed by atoms with Gasteiger partial charge >= 0.3 is 0 Å². The Morgan fingerprint density at radius 3 is 2.49 bits per heavy atom. The van der Waals surface area contributed by atoms with Gasteiger partial charge in [0.05, 0.1) is 21.3 Å². The molecule has 0 aliphatic heterocycles. The summed E-state index contributed by atoms with van der Waals surface area (Å²) in [4.78, 5) is 12.4. The number of hydrogen-bond acceptors (Lipinski definition) is 5. The lowest BCUT2D eigenvalue weighted by atomic mass is 9.99. The topological polar surface area (TPSA) is 83.0 Å². The molecule has 1 amide bonds. The largest absolute Gasteiger partial charge is 0.506 e. The molecule has 0 heterocycles. The molecule has 0 fully saturated rings. The lowest BCUT2D eigenvalue weighted by Crippen LogP contribution is -2.21. The first-order chi connectivity index (χ1) is 18.8. The van der Waals surface area contributed by atoms with E-state index in [0.717, 1.165) is 33.6 Å². The number of hydrogen-bond donors (Lipinski definition) is 3. The number of amides is 1. The van der Waals surface area contributed by atoms with E-state index in [9.17, 15) is 9.90 Å². The molecule has 39 heavy (non-hydrogen) atoms. The quantitative estimate of drug-likeness (QED) is 0.104. The van der Waals surface area contributed by atoms with Crippen LogP contribution in [-0.2, 0) is 6.54 Å². The zero-order valence-electron chi connectivity index (χ0n) is 21.0. The number of phenolic OH excluding ortho intramolecular Hbond substituents is 1. The third-order valence-corrected chi connectivity index (χ3v) is 6.85. The molecule has 0 atom stereocenters. The minimum atomic E-state index is -0.443. The van der Waals surface area contributed by atoms with Crippen molar-refractivity contribution >= 4 is 46.9 Å². The Balaban J connectivity index is 1.44. The standard InChI is InChI=1S/C30H26Cl3N3O3/c1-19-13-21(18-35-36-30(38)23-8-10-28(37)27(33)16-23)14-24(22-5-3-2-4-6-22)29(19)39-12-11-34-17-20-7-9-25(31)26(32)15-20/h2-10,13-16,18,34,37H,11-12,17H2,1H3,(H,36,38)/b35-18+. The number of benzene rings is 4. The number of aromatic hydroxyl groups is 1. The maximum Gasteiger partial charge on any atom is 0.271 e. The average molecular weight is 583 g/mol. The van der Waals surface area contributed by atoms with E-state index in [-0.39, 0.29) is 16.3 Å². The molecule has 0 saturated carbocycles. The van der Waals surface area contributed by atoms with Crippen LogP contribution in [0, 0.1) is 6.92 Å². The second kappa shape index (κ2) is 13.5. The normalized spacial score (nSPS) is 11.1. The molecule has 0 saturated heterocycles. The minimum absolute atomic E-state index is 0.0924. The SMILES string of the molecule is Cc1cc(/C=N/NC(=O)c2ccc(O)c(Cl)c2)cc(-c2ccccc2)c1OCCNCc1ccc(Cl)c(Cl)c1. The van der Waals surface area contributed by atoms with Gasteiger partial charge in [0, 0.05) is 24.2 Å². The summed E-state index contributed by atoms with van der Waals surface area (Å²) in [7, 11) is 0. The Bertz CT molecular complexity index is 1490. The second-order valence-corrected chi connectivity index (χ2v) is 9.94. The number of carbonyl (C=O) groups is 1. The summed E-state index contributed by atoms with van der Waals surface area (Å²) in [5.74, 6) is 0.240. The van der Waals surface area contributed by atoms with E-state index in [1.807, 2.05) is 61.5 Å². The number of halogens is 3. The predicted molar refractivity (Wildman–Crippen MR) is 158 cm³/mol. The van der Waals surface area contributed by atoms with Gasteiger partial charge in [-0.3, -0.25) is 4.79 Å². The van der Waals surface area contributed by atoms with Crippen LogP contribution in [0.1, 0.15) is 27.0 Å². The zero-order chi connectivity index (χ0) is 27.8. The smallest absolute Gasteiger partial charge is 0.271 e. The van der Waals surface area contributed by atoms with Gasteiger partial charge in [-0.2, -0.15) is 5.10 Å². The van der Waals surface area contributed by atoms with Crippen molar-refractivity contribution in [2.75, 3.05) is 13.2 Å². The van der Waals surface area contributed by atoms with Crippen LogP contribution in [0.2, 0.25) is 15.1 Å². The Morgan fingerprint density at radius 2 is 1.74 bits per heavy atom. The van der Waals surface area contributed by atoms with Crippen molar-refractivity contribution in [3.63, 3.8) is 0 Å². The molecular formula is C30H26Cl3N3O3. The number of nitrogens with one attached hydrogen (secondary N) is 2. The molecule has 0 radical (unpaired) electrons. The van der Waals surface area contributed by atoms with Crippen molar-refractivity contribution in [2.45, 2.75) is 13.5 Å². The number of phenols is 1. The Labute approximate surface area is 242 Å². The van der Waals surface area contributed by atoms with E-state index < -0.39 is 5.91 Å². The molecule has 4 aromatic carbocycles. The van der Waals surface area contributed by atoms with Crippen molar-refractivity contribution < 1.29 is 14.6 Å². The van der Waals surface area contributed by atoms with Gasteiger partial charge in [0.25, 0.3) is 5.91 Å². The number of aryl methyl sites for hydroxylation is 1. The Kier molecular flexibility index (Phi) is 9.85. The van der Waals surface area contributed by atoms with Gasteiger partial charge < -0.3 is 15.2 Å². The molecule has 0 aliphatic carbocycles. The molecule has 4 aromatic rings. The minimum Gasteiger partial charge on any atom is -0.506 e. The average Bonchev–Trinajstić information content (AvgIpc) is 2.93. The van der Waals surface area contributed by atoms with E-state index in [4.69, 9.17) is 39.5 Å². The highest BCUT2D eigenvalue weighted by Gasteiger charge is 2.12. The molecule has 0 aliphatic rings. The van der Waals surface area contributed by atoms with Crippen molar-refractivity contribution in [1.29, 1.82) is 0 Å². The van der Waals surface area contributed by atoms with Gasteiger partial charge in [0.2, 0.25) is 0 Å². The van der Waals surface area contributed by atoms with Crippen molar-refractivity contribution in [3.8, 4) is 22.6 Å². The van der Waals surface area contributed by atoms with E-state index in [1.165, 1.54) is 18.2 Å². The first-order valence-electron chi connectivity index (χ1n) is 12.1. The zero-order valence-corrected chi connectivity index (χ0v) is 23.3. The molecule has 9 heteroatoms. The molecule has 200 valence electrons. The number of ether oxygens (including phenoxy) is 1. The number of hydrazone groups is 1. The molecule has 0 unspecified atom stereocenters. The lowest BCUT2D eigenvalue weighted by Gasteiger charge is -2.16. The fraction of sp³-hybridized carbons (Fsp3) is 0.133. The van der Waals surface area contributed by atoms with Crippen molar-refractivity contribution in [3.05, 3.63) is 116 Å². The van der Waals surface area contributed by atoms with Crippen molar-refractivity contribution in [2.24, 2.45) is 5.10 Å². The second-order valence-electron chi connectivity index (χ2n) is 8.72. The summed E-state index contributed by atoms with van der Waals surface area (Å²) < 4.78 is 6.22. The van der Waals surface area contributed by atoms with E-state index >= 15 is 0 Å². The van der Waals surface area contributed by atoms with Gasteiger partial charge in [-0.25, -0.2) is 5.43 Å². The third-order valence-electron chi connectivity index (χ3n) is 5.81. The first-order valence-corrected chi connectivity index (χ1v) is 13.2. The highest BCUT2D eigenvalue weighted by atomic mass is 35.5. The molecule has 4 rings (SSSR count). The van der Waals surface area contributed by atoms with Crippen molar-refractivity contribution in [1.82, 2.24) is 10.7 Å². The Morgan fingerprint density at radius 1 is 0.949 bits per heavy atom. The van der Waals surface area contributed by atoms with Crippen LogP contribution in [0.5, 0.6) is 11.5 Å². The van der Waals surface area contributed by atoms with Crippen LogP contribution in [-0.4, -0.2) is 30.4 Å². The number of carbonyl (C=O) groups excluding carboxylic acids is 1. The highest BCUT2D eigenvalue weighted by molar-refractivity contribution is 6.42. The van der Waals surface area contributed by atoms with Gasteiger partial charge in [-0.1, -0.05) is 71.2 Å². The summed E-state index contributed by atoms with van der Waals surface area (Å²) >= 11 is 18.0. The summed E-state index contributed by atoms with van der Waals surface area (Å²) in [5, 5.41) is 18.2. The highest BCUT2D eigenvalue weighted by Crippen LogP contribution is 2.34. The van der Waals surface area contributed by atoms with Gasteiger partial charge in [-0.15, -0.1) is 0 Å². The first kappa shape index (κ1) is 28.5. The fourth-order valence-electron chi connectivity index (χ4n) is 3.89. The van der Waals surface area contributed by atoms with E-state index in [0.29, 0.717) is 29.7 Å². The van der Waals surface area contributed by atoms with Gasteiger partial charge in [-0.05, 0) is 71.6 Å². The molecular weight excluding hydrogens is 557 g/mol. The molecule has 6 nitrogen and oxygen atoms in total. The van der Waals surface area contributed by atoms with Crippen LogP contribution < -0.4 is 15.5 Å². The summed E-state index contributed by atoms with van der Waals surface area (Å²) in [5.41, 5.74) is 7.45. The molecule has 0 bridgehead atoms.